The van der Waals surface area contributed by atoms with Crippen molar-refractivity contribution in [3.8, 4) is 0 Å². The second-order valence-electron chi connectivity index (χ2n) is 16.4. The zero-order valence-electron chi connectivity index (χ0n) is 31.8. The third-order valence-electron chi connectivity index (χ3n) is 13.7. The van der Waals surface area contributed by atoms with Crippen LogP contribution in [0.15, 0.2) is 188 Å². The standard InChI is InChI=1S/C54H31BN4/c1-3-14-32(15-4-1)56-46-26-13-27-47-52(46)55(43-30-48-41(29-50(43)56)39-23-12-21-37-34-18-7-9-24-44(34)58(48)54(37)39)42-28-40-38-22-11-20-36-35-19-8-10-25-45(35)59(53(36)38)49(40)31-51(42)57(47)33-16-5-2-6-17-33/h1-31H. The first-order valence-corrected chi connectivity index (χ1v) is 20.6. The Hall–Kier alpha value is -7.76. The average molecular weight is 747 g/mol. The summed E-state index contributed by atoms with van der Waals surface area (Å²) in [7, 11) is 0. The third-order valence-corrected chi connectivity index (χ3v) is 13.7. The molecule has 15 rings (SSSR count). The lowest BCUT2D eigenvalue weighted by molar-refractivity contribution is 1.25. The number of anilines is 6. The maximum absolute atomic E-state index is 2.55. The second kappa shape index (κ2) is 10.6. The summed E-state index contributed by atoms with van der Waals surface area (Å²) in [6, 6.07) is 70.4. The van der Waals surface area contributed by atoms with Crippen LogP contribution in [-0.4, -0.2) is 15.5 Å². The number of hydrogen-bond donors (Lipinski definition) is 0. The van der Waals surface area contributed by atoms with Gasteiger partial charge in [0.15, 0.2) is 0 Å². The highest BCUT2D eigenvalue weighted by atomic mass is 15.2. The molecule has 4 aromatic heterocycles. The van der Waals surface area contributed by atoms with E-state index in [2.05, 4.69) is 207 Å². The SMILES string of the molecule is c1ccc(N2c3cc4c5cccc6c7ccccc7n(c4cc3B3c4cc7c8cccc9c%10ccccc%10n(c7cc4N(c4ccccc4)c4cccc2c43)c98)c65)cc1. The molecule has 0 amide bonds. The number of fused-ring (bicyclic) bond motifs is 16. The highest BCUT2D eigenvalue weighted by Crippen LogP contribution is 2.48. The topological polar surface area (TPSA) is 15.3 Å². The molecule has 59 heavy (non-hydrogen) atoms. The molecular weight excluding hydrogens is 715 g/mol. The van der Waals surface area contributed by atoms with Gasteiger partial charge < -0.3 is 18.6 Å². The van der Waals surface area contributed by atoms with Gasteiger partial charge in [0, 0.05) is 77.2 Å². The van der Waals surface area contributed by atoms with E-state index in [9.17, 15) is 0 Å². The van der Waals surface area contributed by atoms with E-state index in [1.165, 1.54) is 115 Å². The van der Waals surface area contributed by atoms with E-state index in [0.717, 1.165) is 11.4 Å². The van der Waals surface area contributed by atoms with Crippen LogP contribution in [0.5, 0.6) is 0 Å². The lowest BCUT2D eigenvalue weighted by Gasteiger charge is -2.44. The Labute approximate surface area is 338 Å². The van der Waals surface area contributed by atoms with Crippen molar-refractivity contribution in [2.75, 3.05) is 9.80 Å². The van der Waals surface area contributed by atoms with E-state index >= 15 is 0 Å². The van der Waals surface area contributed by atoms with Crippen LogP contribution >= 0.6 is 0 Å². The minimum atomic E-state index is -0.0151. The summed E-state index contributed by atoms with van der Waals surface area (Å²) in [5.41, 5.74) is 18.8. The molecule has 2 aliphatic rings. The molecule has 0 saturated carbocycles. The maximum Gasteiger partial charge on any atom is 0.252 e. The summed E-state index contributed by atoms with van der Waals surface area (Å²) < 4.78 is 5.05. The Balaban J connectivity index is 1.13. The van der Waals surface area contributed by atoms with Gasteiger partial charge in [0.2, 0.25) is 0 Å². The van der Waals surface area contributed by atoms with Crippen molar-refractivity contribution in [2.45, 2.75) is 0 Å². The Morgan fingerprint density at radius 2 is 0.712 bits per heavy atom. The molecule has 270 valence electrons. The number of hydrogen-bond acceptors (Lipinski definition) is 2. The number of benzene rings is 9. The minimum absolute atomic E-state index is 0.0151. The smallest absolute Gasteiger partial charge is 0.252 e. The minimum Gasteiger partial charge on any atom is -0.311 e. The lowest BCUT2D eigenvalue weighted by atomic mass is 9.33. The fourth-order valence-electron chi connectivity index (χ4n) is 11.5. The van der Waals surface area contributed by atoms with Gasteiger partial charge in [0.1, 0.15) is 0 Å². The quantitative estimate of drug-likeness (QED) is 0.164. The molecule has 0 bridgehead atoms. The van der Waals surface area contributed by atoms with Gasteiger partial charge in [-0.3, -0.25) is 0 Å². The summed E-state index contributed by atoms with van der Waals surface area (Å²) in [6.45, 7) is -0.0151. The summed E-state index contributed by atoms with van der Waals surface area (Å²) in [5, 5.41) is 10.4. The van der Waals surface area contributed by atoms with E-state index in [1.807, 2.05) is 0 Å². The Bertz CT molecular complexity index is 3920. The van der Waals surface area contributed by atoms with Gasteiger partial charge in [-0.2, -0.15) is 0 Å². The zero-order valence-corrected chi connectivity index (χ0v) is 31.8. The fourth-order valence-corrected chi connectivity index (χ4v) is 11.5. The zero-order chi connectivity index (χ0) is 38.1. The predicted molar refractivity (Wildman–Crippen MR) is 250 cm³/mol. The lowest BCUT2D eigenvalue weighted by Crippen LogP contribution is -2.61. The van der Waals surface area contributed by atoms with Crippen molar-refractivity contribution < 1.29 is 0 Å². The molecule has 13 aromatic rings. The van der Waals surface area contributed by atoms with Gasteiger partial charge >= 0.3 is 0 Å². The molecule has 0 aliphatic carbocycles. The molecule has 9 aromatic carbocycles. The number of rotatable bonds is 2. The van der Waals surface area contributed by atoms with Crippen molar-refractivity contribution in [3.05, 3.63) is 188 Å². The van der Waals surface area contributed by atoms with Gasteiger partial charge in [-0.1, -0.05) is 121 Å². The maximum atomic E-state index is 2.55. The van der Waals surface area contributed by atoms with Gasteiger partial charge in [-0.25, -0.2) is 0 Å². The van der Waals surface area contributed by atoms with E-state index < -0.39 is 0 Å². The molecule has 2 aliphatic heterocycles. The third kappa shape index (κ3) is 3.60. The van der Waals surface area contributed by atoms with Gasteiger partial charge in [-0.15, -0.1) is 0 Å². The molecule has 0 fully saturated rings. The van der Waals surface area contributed by atoms with Crippen molar-refractivity contribution in [1.82, 2.24) is 8.80 Å². The Kier molecular flexibility index (Phi) is 5.46. The first-order valence-electron chi connectivity index (χ1n) is 20.6. The summed E-state index contributed by atoms with van der Waals surface area (Å²) in [5.74, 6) is 0. The number of para-hydroxylation sites is 6. The first-order chi connectivity index (χ1) is 29.3. The van der Waals surface area contributed by atoms with Crippen LogP contribution in [0, 0.1) is 0 Å². The van der Waals surface area contributed by atoms with Crippen LogP contribution < -0.4 is 26.2 Å². The molecule has 4 nitrogen and oxygen atoms in total. The first kappa shape index (κ1) is 30.4. The highest BCUT2D eigenvalue weighted by molar-refractivity contribution is 7.00. The highest BCUT2D eigenvalue weighted by Gasteiger charge is 2.44. The van der Waals surface area contributed by atoms with Crippen LogP contribution in [0.3, 0.4) is 0 Å². The van der Waals surface area contributed by atoms with Gasteiger partial charge in [0.25, 0.3) is 6.71 Å². The molecular formula is C54H31BN4. The van der Waals surface area contributed by atoms with Crippen LogP contribution in [0.25, 0.3) is 76.2 Å². The fraction of sp³-hybridized carbons (Fsp3) is 0. The second-order valence-corrected chi connectivity index (χ2v) is 16.4. The van der Waals surface area contributed by atoms with E-state index in [-0.39, 0.29) is 6.71 Å². The molecule has 5 heteroatoms. The van der Waals surface area contributed by atoms with Gasteiger partial charge in [0.05, 0.1) is 33.1 Å². The number of nitrogens with zero attached hydrogens (tertiary/aromatic N) is 4. The molecule has 0 spiro atoms. The van der Waals surface area contributed by atoms with Crippen LogP contribution in [0.2, 0.25) is 0 Å². The predicted octanol–water partition coefficient (Wildman–Crippen LogP) is 12.1. The molecule has 0 N–H and O–H groups in total. The summed E-state index contributed by atoms with van der Waals surface area (Å²) in [6.07, 6.45) is 0. The molecule has 0 atom stereocenters. The van der Waals surface area contributed by atoms with E-state index in [4.69, 9.17) is 0 Å². The largest absolute Gasteiger partial charge is 0.311 e. The van der Waals surface area contributed by atoms with E-state index in [0.29, 0.717) is 0 Å². The number of aromatic nitrogens is 2. The summed E-state index contributed by atoms with van der Waals surface area (Å²) in [4.78, 5) is 5.05. The van der Waals surface area contributed by atoms with Crippen molar-refractivity contribution in [2.24, 2.45) is 0 Å². The van der Waals surface area contributed by atoms with Crippen molar-refractivity contribution in [3.63, 3.8) is 0 Å². The summed E-state index contributed by atoms with van der Waals surface area (Å²) >= 11 is 0. The monoisotopic (exact) mass is 746 g/mol. The van der Waals surface area contributed by atoms with Crippen LogP contribution in [0.4, 0.5) is 34.1 Å². The molecule has 0 saturated heterocycles. The van der Waals surface area contributed by atoms with Crippen molar-refractivity contribution in [1.29, 1.82) is 0 Å². The molecule has 0 radical (unpaired) electrons. The van der Waals surface area contributed by atoms with Gasteiger partial charge in [-0.05, 0) is 83.1 Å². The average Bonchev–Trinajstić information content (AvgIpc) is 4.02. The van der Waals surface area contributed by atoms with Crippen molar-refractivity contribution >= 4 is 133 Å². The molecule has 6 heterocycles. The Morgan fingerprint density at radius 1 is 0.288 bits per heavy atom. The van der Waals surface area contributed by atoms with Crippen LogP contribution in [0.1, 0.15) is 0 Å². The van der Waals surface area contributed by atoms with E-state index in [1.54, 1.807) is 0 Å². The Morgan fingerprint density at radius 3 is 1.29 bits per heavy atom. The normalized spacial score (nSPS) is 13.7. The van der Waals surface area contributed by atoms with Crippen LogP contribution in [-0.2, 0) is 0 Å². The molecule has 0 unspecified atom stereocenters.